The first-order valence-electron chi connectivity index (χ1n) is 19.6. The van der Waals surface area contributed by atoms with Crippen molar-refractivity contribution >= 4 is 61.9 Å². The molecular weight excluding hydrogens is 900 g/mol. The SMILES string of the molecule is COC(=O)c1ccccc1OP(=O)(CP(=O)(Oc1ccccc1C)Oc1ccccc1C(=O)OC)OC[C@H]1O[C@@H](n2cnc3c(N(C)C4CCCC4)nc(Cl)nc32)[C@H](O)[C@@H]1O.O=C=O. The number of carbonyl (C=O) groups is 2. The molecule has 2 aromatic heterocycles. The molecule has 0 bridgehead atoms. The van der Waals surface area contributed by atoms with E-state index in [1.165, 1.54) is 65.5 Å². The highest BCUT2D eigenvalue weighted by atomic mass is 35.5. The molecule has 340 valence electrons. The Balaban J connectivity index is 0.00000220. The van der Waals surface area contributed by atoms with Gasteiger partial charge in [-0.3, -0.25) is 9.09 Å². The summed E-state index contributed by atoms with van der Waals surface area (Å²) in [6.45, 7) is 0.952. The third-order valence-electron chi connectivity index (χ3n) is 10.4. The van der Waals surface area contributed by atoms with Gasteiger partial charge in [-0.15, -0.1) is 0 Å². The summed E-state index contributed by atoms with van der Waals surface area (Å²) in [5.41, 5.74) is 0.871. The molecule has 3 heterocycles. The fourth-order valence-electron chi connectivity index (χ4n) is 7.20. The fourth-order valence-corrected chi connectivity index (χ4v) is 12.0. The zero-order chi connectivity index (χ0) is 46.2. The van der Waals surface area contributed by atoms with E-state index >= 15 is 9.13 Å². The van der Waals surface area contributed by atoms with Gasteiger partial charge >= 0.3 is 33.3 Å². The molecule has 2 aliphatic rings. The van der Waals surface area contributed by atoms with Crippen LogP contribution in [-0.2, 0) is 37.5 Å². The molecule has 20 nitrogen and oxygen atoms in total. The number of rotatable bonds is 16. The fraction of sp³-hybridized carbons (Fsp3) is 0.366. The van der Waals surface area contributed by atoms with Gasteiger partial charge in [-0.25, -0.2) is 23.7 Å². The van der Waals surface area contributed by atoms with Crippen LogP contribution in [0.3, 0.4) is 0 Å². The van der Waals surface area contributed by atoms with Crippen molar-refractivity contribution in [3.05, 3.63) is 101 Å². The minimum Gasteiger partial charge on any atom is -0.465 e. The molecule has 0 spiro atoms. The van der Waals surface area contributed by atoms with E-state index in [-0.39, 0.29) is 51.5 Å². The Hall–Kier alpha value is -5.68. The zero-order valence-electron chi connectivity index (χ0n) is 34.8. The van der Waals surface area contributed by atoms with Crippen molar-refractivity contribution in [1.82, 2.24) is 19.5 Å². The Morgan fingerprint density at radius 3 is 1.95 bits per heavy atom. The van der Waals surface area contributed by atoms with E-state index in [4.69, 9.17) is 53.5 Å². The summed E-state index contributed by atoms with van der Waals surface area (Å²) in [4.78, 5) is 57.1. The molecule has 7 rings (SSSR count). The van der Waals surface area contributed by atoms with Gasteiger partial charge in [0.15, 0.2) is 29.1 Å². The number of carbonyl (C=O) groups excluding carboxylic acids is 4. The predicted molar refractivity (Wildman–Crippen MR) is 227 cm³/mol. The number of methoxy groups -OCH3 is 2. The average molecular weight is 944 g/mol. The Labute approximate surface area is 371 Å². The van der Waals surface area contributed by atoms with Gasteiger partial charge in [0.2, 0.25) is 5.28 Å². The summed E-state index contributed by atoms with van der Waals surface area (Å²) in [5, 5.41) is 22.6. The second-order valence-electron chi connectivity index (χ2n) is 14.5. The molecule has 2 fully saturated rings. The number of anilines is 1. The number of aliphatic hydroxyl groups excluding tert-OH is 2. The molecule has 3 aromatic carbocycles. The van der Waals surface area contributed by atoms with Crippen molar-refractivity contribution < 1.29 is 70.8 Å². The Kier molecular flexibility index (Phi) is 15.6. The van der Waals surface area contributed by atoms with Crippen molar-refractivity contribution in [2.45, 2.75) is 63.2 Å². The third kappa shape index (κ3) is 10.8. The van der Waals surface area contributed by atoms with E-state index in [1.807, 2.05) is 11.9 Å². The van der Waals surface area contributed by atoms with Crippen molar-refractivity contribution in [2.24, 2.45) is 0 Å². The second-order valence-corrected chi connectivity index (χ2v) is 19.2. The number of imidazole rings is 1. The molecule has 23 heteroatoms. The van der Waals surface area contributed by atoms with Gasteiger partial charge in [-0.05, 0) is 67.3 Å². The lowest BCUT2D eigenvalue weighted by molar-refractivity contribution is -0.191. The molecule has 1 aliphatic carbocycles. The number of fused-ring (bicyclic) bond motifs is 1. The van der Waals surface area contributed by atoms with Crippen molar-refractivity contribution in [1.29, 1.82) is 0 Å². The highest BCUT2D eigenvalue weighted by Gasteiger charge is 2.49. The number of ether oxygens (including phenoxy) is 3. The standard InChI is InChI=1S/C40H44ClN5O13P2.CO2/c1-24-13-5-10-18-28(24)57-61(52,59-30-20-12-9-17-27(30)39(50)54-4)23-60(51,58-29-19-11-8-16-26(29)38(49)53-3)55-21-31-33(47)34(48)37(56-31)46-22-42-32-35(43-40(41)44-36(32)46)45(2)25-14-6-7-15-25;2-1-3/h5,8-13,16-20,22,25,31,33-34,37,47-48H,6-7,14-15,21,23H2,1-4H3;/t31-,33-,34-,37-,60?,61?;/m1./s1. The van der Waals surface area contributed by atoms with Crippen LogP contribution in [0.25, 0.3) is 11.2 Å². The van der Waals surface area contributed by atoms with Crippen LogP contribution in [0.4, 0.5) is 5.82 Å². The van der Waals surface area contributed by atoms with Crippen molar-refractivity contribution in [3.8, 4) is 17.2 Å². The summed E-state index contributed by atoms with van der Waals surface area (Å²) in [6.07, 6.45) is -0.178. The number of halogens is 1. The molecular formula is C41H44ClN5O15P2. The predicted octanol–water partition coefficient (Wildman–Crippen LogP) is 6.37. The van der Waals surface area contributed by atoms with Gasteiger partial charge in [-0.1, -0.05) is 55.3 Å². The monoisotopic (exact) mass is 943 g/mol. The number of aromatic nitrogens is 4. The number of aryl methyl sites for hydroxylation is 1. The number of esters is 2. The van der Waals surface area contributed by atoms with Crippen LogP contribution in [0.2, 0.25) is 5.28 Å². The average Bonchev–Trinajstić information content (AvgIpc) is 4.03. The Morgan fingerprint density at radius 2 is 1.38 bits per heavy atom. The summed E-state index contributed by atoms with van der Waals surface area (Å²) < 4.78 is 71.6. The number of para-hydroxylation sites is 3. The molecule has 1 saturated heterocycles. The first-order chi connectivity index (χ1) is 30.6. The van der Waals surface area contributed by atoms with Gasteiger partial charge in [0.25, 0.3) is 0 Å². The van der Waals surface area contributed by atoms with Crippen LogP contribution in [0.1, 0.15) is 58.2 Å². The van der Waals surface area contributed by atoms with E-state index in [2.05, 4.69) is 15.0 Å². The number of hydrogen-bond acceptors (Lipinski definition) is 19. The van der Waals surface area contributed by atoms with Gasteiger partial charge < -0.3 is 42.9 Å². The molecule has 64 heavy (non-hydrogen) atoms. The topological polar surface area (TPSA) is 254 Å². The minimum absolute atomic E-state index is 0.0684. The van der Waals surface area contributed by atoms with E-state index < -0.39 is 64.2 Å². The molecule has 2 unspecified atom stereocenters. The Morgan fingerprint density at radius 1 is 0.844 bits per heavy atom. The maximum Gasteiger partial charge on any atom is 0.444 e. The molecule has 5 aromatic rings. The van der Waals surface area contributed by atoms with Crippen LogP contribution in [0.5, 0.6) is 17.2 Å². The lowest BCUT2D eigenvalue weighted by atomic mass is 10.1. The molecule has 2 N–H and O–H groups in total. The number of benzene rings is 3. The number of hydrogen-bond donors (Lipinski definition) is 2. The minimum atomic E-state index is -4.90. The van der Waals surface area contributed by atoms with Crippen LogP contribution >= 0.6 is 26.8 Å². The lowest BCUT2D eigenvalue weighted by Gasteiger charge is -2.27. The van der Waals surface area contributed by atoms with E-state index in [0.717, 1.165) is 39.9 Å². The van der Waals surface area contributed by atoms with E-state index in [1.54, 1.807) is 25.1 Å². The highest BCUT2D eigenvalue weighted by molar-refractivity contribution is 7.72. The largest absolute Gasteiger partial charge is 0.465 e. The first-order valence-corrected chi connectivity index (χ1v) is 23.4. The highest BCUT2D eigenvalue weighted by Crippen LogP contribution is 2.64. The van der Waals surface area contributed by atoms with Crippen LogP contribution in [-0.4, -0.2) is 106 Å². The summed E-state index contributed by atoms with van der Waals surface area (Å²) >= 11 is 6.40. The van der Waals surface area contributed by atoms with Gasteiger partial charge in [0.05, 0.1) is 27.2 Å². The Bertz CT molecular complexity index is 2600. The molecule has 6 atom stereocenters. The number of aliphatic hydroxyl groups is 2. The molecule has 0 radical (unpaired) electrons. The zero-order valence-corrected chi connectivity index (χ0v) is 37.4. The summed E-state index contributed by atoms with van der Waals surface area (Å²) in [7, 11) is -5.49. The smallest absolute Gasteiger partial charge is 0.444 e. The maximum absolute atomic E-state index is 15.2. The lowest BCUT2D eigenvalue weighted by Crippen LogP contribution is -2.34. The summed E-state index contributed by atoms with van der Waals surface area (Å²) in [6, 6.07) is 18.2. The first kappa shape index (κ1) is 47.8. The van der Waals surface area contributed by atoms with Crippen molar-refractivity contribution in [3.63, 3.8) is 0 Å². The van der Waals surface area contributed by atoms with Gasteiger partial charge in [0.1, 0.15) is 46.7 Å². The molecule has 0 amide bonds. The van der Waals surface area contributed by atoms with Crippen molar-refractivity contribution in [2.75, 3.05) is 38.7 Å². The number of nitrogens with zero attached hydrogens (tertiary/aromatic N) is 5. The maximum atomic E-state index is 15.2. The second kappa shape index (κ2) is 20.9. The van der Waals surface area contributed by atoms with Gasteiger partial charge in [-0.2, -0.15) is 19.6 Å². The third-order valence-corrected chi connectivity index (χ3v) is 15.3. The summed E-state index contributed by atoms with van der Waals surface area (Å²) in [5.74, 6) is -2.72. The normalized spacial score (nSPS) is 20.2. The molecule has 1 saturated carbocycles. The van der Waals surface area contributed by atoms with E-state index in [0.29, 0.717) is 16.9 Å². The quantitative estimate of drug-likeness (QED) is 0.0618. The van der Waals surface area contributed by atoms with E-state index in [9.17, 15) is 19.8 Å². The van der Waals surface area contributed by atoms with Crippen LogP contribution in [0.15, 0.2) is 79.1 Å². The van der Waals surface area contributed by atoms with Gasteiger partial charge in [0, 0.05) is 13.1 Å². The molecule has 1 aliphatic heterocycles. The van der Waals surface area contributed by atoms with Crippen LogP contribution < -0.4 is 18.5 Å². The van der Waals surface area contributed by atoms with Crippen LogP contribution in [0, 0.1) is 6.92 Å².